The Kier molecular flexibility index (Phi) is 6.30. The minimum Gasteiger partial charge on any atom is -0.393 e. The Labute approximate surface area is 186 Å². The summed E-state index contributed by atoms with van der Waals surface area (Å²) < 4.78 is 37.5. The molecule has 2 N–H and O–H groups in total. The van der Waals surface area contributed by atoms with Crippen molar-refractivity contribution < 1.29 is 23.4 Å². The smallest absolute Gasteiger partial charge is 0.391 e. The fraction of sp³-hybridized carbons (Fsp3) is 1.00. The molecule has 7 unspecified atom stereocenters. The van der Waals surface area contributed by atoms with Gasteiger partial charge in [-0.3, -0.25) is 0 Å². The summed E-state index contributed by atoms with van der Waals surface area (Å²) in [5.74, 6) is 3.54. The SMILES string of the molecule is CC12CC[C@](C)(O)CC1CCC1C2CCC2(C)C1CC[C@@H]2CCCC(O)CC(F)(F)F. The fourth-order valence-electron chi connectivity index (χ4n) is 8.98. The van der Waals surface area contributed by atoms with Gasteiger partial charge in [-0.1, -0.05) is 20.3 Å². The molecule has 4 aliphatic rings. The molecule has 4 rings (SSSR count). The molecule has 5 heteroatoms. The lowest BCUT2D eigenvalue weighted by molar-refractivity contribution is -0.154. The molecule has 0 aromatic heterocycles. The first kappa shape index (κ1) is 23.9. The van der Waals surface area contributed by atoms with Gasteiger partial charge in [0, 0.05) is 0 Å². The molecule has 0 amide bonds. The molecule has 0 radical (unpaired) electrons. The summed E-state index contributed by atoms with van der Waals surface area (Å²) in [5.41, 5.74) is 0.196. The molecule has 0 heterocycles. The third-order valence-corrected chi connectivity index (χ3v) is 10.7. The van der Waals surface area contributed by atoms with Gasteiger partial charge < -0.3 is 10.2 Å². The van der Waals surface area contributed by atoms with E-state index in [1.165, 1.54) is 38.5 Å². The van der Waals surface area contributed by atoms with E-state index in [-0.39, 0.29) is 6.42 Å². The van der Waals surface area contributed by atoms with Crippen molar-refractivity contribution in [3.8, 4) is 0 Å². The van der Waals surface area contributed by atoms with Crippen LogP contribution in [0, 0.1) is 40.4 Å². The summed E-state index contributed by atoms with van der Waals surface area (Å²) in [6.45, 7) is 7.00. The van der Waals surface area contributed by atoms with Crippen molar-refractivity contribution in [3.63, 3.8) is 0 Å². The summed E-state index contributed by atoms with van der Waals surface area (Å²) in [7, 11) is 0. The first-order valence-corrected chi connectivity index (χ1v) is 12.8. The van der Waals surface area contributed by atoms with Gasteiger partial charge in [0.15, 0.2) is 0 Å². The summed E-state index contributed by atoms with van der Waals surface area (Å²) in [6.07, 6.45) is 5.89. The number of alkyl halides is 3. The van der Waals surface area contributed by atoms with Crippen molar-refractivity contribution in [1.82, 2.24) is 0 Å². The first-order chi connectivity index (χ1) is 14.3. The summed E-state index contributed by atoms with van der Waals surface area (Å²) in [5, 5.41) is 20.4. The van der Waals surface area contributed by atoms with E-state index in [0.717, 1.165) is 43.4 Å². The number of hydrogen-bond donors (Lipinski definition) is 2. The van der Waals surface area contributed by atoms with E-state index in [2.05, 4.69) is 13.8 Å². The van der Waals surface area contributed by atoms with Gasteiger partial charge in [0.2, 0.25) is 0 Å². The number of aliphatic hydroxyl groups excluding tert-OH is 1. The van der Waals surface area contributed by atoms with Gasteiger partial charge in [0.25, 0.3) is 0 Å². The molecule has 0 aromatic rings. The lowest BCUT2D eigenvalue weighted by atomic mass is 9.44. The van der Waals surface area contributed by atoms with Crippen molar-refractivity contribution in [1.29, 1.82) is 0 Å². The quantitative estimate of drug-likeness (QED) is 0.485. The average molecular weight is 445 g/mol. The maximum Gasteiger partial charge on any atom is 0.391 e. The van der Waals surface area contributed by atoms with Crippen LogP contribution in [0.15, 0.2) is 0 Å². The zero-order valence-corrected chi connectivity index (χ0v) is 19.7. The van der Waals surface area contributed by atoms with Crippen LogP contribution in [-0.4, -0.2) is 28.1 Å². The maximum absolute atomic E-state index is 12.5. The molecule has 4 saturated carbocycles. The van der Waals surface area contributed by atoms with Gasteiger partial charge in [0.05, 0.1) is 18.1 Å². The number of rotatable bonds is 5. The lowest BCUT2D eigenvalue weighted by Gasteiger charge is -2.62. The van der Waals surface area contributed by atoms with E-state index < -0.39 is 24.3 Å². The Morgan fingerprint density at radius 3 is 2.32 bits per heavy atom. The number of hydrogen-bond acceptors (Lipinski definition) is 2. The number of aliphatic hydroxyl groups is 2. The Bertz CT molecular complexity index is 647. The van der Waals surface area contributed by atoms with E-state index in [4.69, 9.17) is 0 Å². The second-order valence-electron chi connectivity index (χ2n) is 12.6. The van der Waals surface area contributed by atoms with Gasteiger partial charge in [-0.05, 0) is 118 Å². The van der Waals surface area contributed by atoms with Crippen LogP contribution in [0.1, 0.15) is 104 Å². The normalized spacial score (nSPS) is 48.6. The molecule has 0 spiro atoms. The molecule has 4 fully saturated rings. The molecule has 2 nitrogen and oxygen atoms in total. The zero-order valence-electron chi connectivity index (χ0n) is 19.7. The molecule has 0 saturated heterocycles. The highest BCUT2D eigenvalue weighted by atomic mass is 19.4. The molecule has 9 atom stereocenters. The Morgan fingerprint density at radius 2 is 1.61 bits per heavy atom. The molecule has 31 heavy (non-hydrogen) atoms. The molecular weight excluding hydrogens is 401 g/mol. The summed E-state index contributed by atoms with van der Waals surface area (Å²) in [4.78, 5) is 0. The zero-order chi connectivity index (χ0) is 22.7. The van der Waals surface area contributed by atoms with Crippen LogP contribution >= 0.6 is 0 Å². The minimum atomic E-state index is -4.27. The summed E-state index contributed by atoms with van der Waals surface area (Å²) in [6, 6.07) is 0. The van der Waals surface area contributed by atoms with E-state index >= 15 is 0 Å². The highest BCUT2D eigenvalue weighted by Gasteiger charge is 2.60. The lowest BCUT2D eigenvalue weighted by Crippen LogP contribution is -2.55. The maximum atomic E-state index is 12.5. The Balaban J connectivity index is 1.38. The molecule has 180 valence electrons. The molecule has 0 aliphatic heterocycles. The number of fused-ring (bicyclic) bond motifs is 5. The van der Waals surface area contributed by atoms with E-state index in [9.17, 15) is 23.4 Å². The van der Waals surface area contributed by atoms with Crippen molar-refractivity contribution >= 4 is 0 Å². The van der Waals surface area contributed by atoms with Gasteiger partial charge in [-0.15, -0.1) is 0 Å². The highest BCUT2D eigenvalue weighted by Crippen LogP contribution is 2.68. The predicted molar refractivity (Wildman–Crippen MR) is 116 cm³/mol. The van der Waals surface area contributed by atoms with Crippen LogP contribution in [0.5, 0.6) is 0 Å². The van der Waals surface area contributed by atoms with E-state index in [0.29, 0.717) is 29.1 Å². The second kappa shape index (κ2) is 8.18. The van der Waals surface area contributed by atoms with Crippen LogP contribution < -0.4 is 0 Å². The average Bonchev–Trinajstić information content (AvgIpc) is 2.97. The van der Waals surface area contributed by atoms with E-state index in [1.54, 1.807) is 0 Å². The highest BCUT2D eigenvalue weighted by molar-refractivity contribution is 5.10. The fourth-order valence-corrected chi connectivity index (χ4v) is 8.98. The van der Waals surface area contributed by atoms with Crippen molar-refractivity contribution in [2.75, 3.05) is 0 Å². The van der Waals surface area contributed by atoms with E-state index in [1.807, 2.05) is 6.92 Å². The van der Waals surface area contributed by atoms with Gasteiger partial charge in [-0.25, -0.2) is 0 Å². The standard InChI is InChI=1S/C26H43F3O2/c1-23(31)13-14-25(3)18(15-23)7-9-20-21-10-8-17(24(21,2)12-11-22(20)25)5-4-6-19(30)16-26(27,28)29/h17-22,30-31H,4-16H2,1-3H3/t17-,18?,19?,20?,21?,22?,23-,24?,25?/m0/s1. The molecule has 0 bridgehead atoms. The predicted octanol–water partition coefficient (Wildman–Crippen LogP) is 6.88. The second-order valence-corrected chi connectivity index (χ2v) is 12.6. The van der Waals surface area contributed by atoms with Crippen LogP contribution in [0.4, 0.5) is 13.2 Å². The van der Waals surface area contributed by atoms with Gasteiger partial charge in [-0.2, -0.15) is 13.2 Å². The van der Waals surface area contributed by atoms with Crippen LogP contribution in [0.2, 0.25) is 0 Å². The van der Waals surface area contributed by atoms with Crippen LogP contribution in [-0.2, 0) is 0 Å². The molecular formula is C26H43F3O2. The number of halogens is 3. The Hall–Kier alpha value is -0.290. The van der Waals surface area contributed by atoms with Crippen LogP contribution in [0.25, 0.3) is 0 Å². The molecule has 0 aromatic carbocycles. The molecule has 4 aliphatic carbocycles. The minimum absolute atomic E-state index is 0.266. The van der Waals surface area contributed by atoms with Crippen LogP contribution in [0.3, 0.4) is 0 Å². The van der Waals surface area contributed by atoms with Gasteiger partial charge in [0.1, 0.15) is 0 Å². The van der Waals surface area contributed by atoms with Crippen molar-refractivity contribution in [3.05, 3.63) is 0 Å². The van der Waals surface area contributed by atoms with Crippen molar-refractivity contribution in [2.45, 2.75) is 122 Å². The monoisotopic (exact) mass is 444 g/mol. The van der Waals surface area contributed by atoms with Crippen molar-refractivity contribution in [2.24, 2.45) is 40.4 Å². The third-order valence-electron chi connectivity index (χ3n) is 10.7. The van der Waals surface area contributed by atoms with Gasteiger partial charge >= 0.3 is 6.18 Å². The summed E-state index contributed by atoms with van der Waals surface area (Å²) >= 11 is 0. The Morgan fingerprint density at radius 1 is 0.903 bits per heavy atom. The largest absolute Gasteiger partial charge is 0.393 e. The third kappa shape index (κ3) is 4.56. The first-order valence-electron chi connectivity index (χ1n) is 12.8. The topological polar surface area (TPSA) is 40.5 Å².